The van der Waals surface area contributed by atoms with Crippen molar-refractivity contribution >= 4 is 11.9 Å². The van der Waals surface area contributed by atoms with Crippen LogP contribution in [-0.2, 0) is 19.1 Å². The van der Waals surface area contributed by atoms with E-state index in [0.717, 1.165) is 64.2 Å². The second kappa shape index (κ2) is 11.5. The van der Waals surface area contributed by atoms with Crippen molar-refractivity contribution in [1.82, 2.24) is 5.32 Å². The molecule has 1 heterocycles. The number of allylic oxidation sites excluding steroid dienone is 2. The van der Waals surface area contributed by atoms with Crippen LogP contribution in [-0.4, -0.2) is 75.7 Å². The number of amides is 1. The molecule has 266 valence electrons. The number of aliphatic carboxylic acids is 1. The third-order valence-corrected chi connectivity index (χ3v) is 15.6. The van der Waals surface area contributed by atoms with Crippen LogP contribution in [0.1, 0.15) is 120 Å². The lowest BCUT2D eigenvalue weighted by molar-refractivity contribution is -0.306. The predicted molar refractivity (Wildman–Crippen MR) is 177 cm³/mol. The minimum Gasteiger partial charge on any atom is -0.481 e. The Morgan fingerprint density at radius 2 is 1.62 bits per heavy atom. The van der Waals surface area contributed by atoms with Gasteiger partial charge in [-0.25, -0.2) is 0 Å². The molecule has 6 aliphatic rings. The first-order chi connectivity index (χ1) is 21.8. The number of carbonyl (C=O) groups excluding carboxylic acids is 1. The Balaban J connectivity index is 1.29. The maximum atomic E-state index is 13.0. The van der Waals surface area contributed by atoms with Crippen LogP contribution in [0.15, 0.2) is 11.6 Å². The summed E-state index contributed by atoms with van der Waals surface area (Å²) in [6.45, 7) is 17.6. The average Bonchev–Trinajstić information content (AvgIpc) is 2.97. The molecule has 5 aliphatic carbocycles. The van der Waals surface area contributed by atoms with E-state index in [2.05, 4.69) is 59.9 Å². The van der Waals surface area contributed by atoms with E-state index in [0.29, 0.717) is 11.8 Å². The highest BCUT2D eigenvalue weighted by molar-refractivity contribution is 5.76. The van der Waals surface area contributed by atoms with E-state index in [9.17, 15) is 30.0 Å². The molecule has 1 aliphatic heterocycles. The molecule has 9 nitrogen and oxygen atoms in total. The summed E-state index contributed by atoms with van der Waals surface area (Å²) >= 11 is 0. The molecule has 47 heavy (non-hydrogen) atoms. The standard InChI is InChI=1S/C38H61NO8/c1-21(41)39-28-30(43)29(42)24(20-40)46-31(28)47-27-12-13-35(6)25(34(27,4)5)11-14-37(8)26(35)10-9-22-23-19-33(2,3)15-17-38(23,32(44)45)18-16-36(22,37)7/h9,23-31,40,42-43H,10-20H2,1-8H3,(H,39,41)(H,44,45)/t23?,24?,25?,26?,27-,28?,29?,30?,31?,35-,36?,37+,38-/m0/s1. The number of carboxylic acids is 1. The third kappa shape index (κ3) is 5.10. The van der Waals surface area contributed by atoms with Crippen LogP contribution in [0.25, 0.3) is 0 Å². The Hall–Kier alpha value is -1.52. The lowest BCUT2D eigenvalue weighted by atomic mass is 9.33. The Kier molecular flexibility index (Phi) is 8.65. The molecule has 5 N–H and O–H groups in total. The molecule has 5 fully saturated rings. The van der Waals surface area contributed by atoms with Crippen molar-refractivity contribution in [2.24, 2.45) is 50.2 Å². The highest BCUT2D eigenvalue weighted by Crippen LogP contribution is 2.76. The maximum Gasteiger partial charge on any atom is 0.310 e. The van der Waals surface area contributed by atoms with E-state index >= 15 is 0 Å². The fraction of sp³-hybridized carbons (Fsp3) is 0.895. The second-order valence-electron chi connectivity index (χ2n) is 18.6. The number of nitrogens with one attached hydrogen (secondary N) is 1. The number of fused-ring (bicyclic) bond motifs is 7. The van der Waals surface area contributed by atoms with E-state index in [4.69, 9.17) is 9.47 Å². The van der Waals surface area contributed by atoms with Gasteiger partial charge < -0.3 is 35.2 Å². The molecule has 0 radical (unpaired) electrons. The number of carbonyl (C=O) groups is 2. The number of aliphatic hydroxyl groups is 3. The first-order valence-corrected chi connectivity index (χ1v) is 18.3. The molecule has 1 saturated heterocycles. The van der Waals surface area contributed by atoms with Gasteiger partial charge in [-0.15, -0.1) is 0 Å². The lowest BCUT2D eigenvalue weighted by Crippen LogP contribution is -2.67. The normalized spacial score (nSPS) is 50.1. The summed E-state index contributed by atoms with van der Waals surface area (Å²) in [5.74, 6) is -0.0617. The molecule has 0 aromatic carbocycles. The molecule has 13 atom stereocenters. The van der Waals surface area contributed by atoms with Gasteiger partial charge in [-0.1, -0.05) is 60.1 Å². The van der Waals surface area contributed by atoms with Crippen molar-refractivity contribution in [1.29, 1.82) is 0 Å². The van der Waals surface area contributed by atoms with Gasteiger partial charge in [0.15, 0.2) is 6.29 Å². The molecule has 0 aromatic heterocycles. The van der Waals surface area contributed by atoms with Crippen LogP contribution in [0.2, 0.25) is 0 Å². The van der Waals surface area contributed by atoms with Crippen molar-refractivity contribution in [2.75, 3.05) is 6.61 Å². The summed E-state index contributed by atoms with van der Waals surface area (Å²) in [6, 6.07) is -0.958. The third-order valence-electron chi connectivity index (χ3n) is 15.6. The quantitative estimate of drug-likeness (QED) is 0.200. The Morgan fingerprint density at radius 1 is 0.936 bits per heavy atom. The van der Waals surface area contributed by atoms with Crippen LogP contribution < -0.4 is 5.32 Å². The number of aliphatic hydroxyl groups excluding tert-OH is 3. The predicted octanol–water partition coefficient (Wildman–Crippen LogP) is 5.20. The molecule has 6 rings (SSSR count). The lowest BCUT2D eigenvalue weighted by Gasteiger charge is -2.71. The summed E-state index contributed by atoms with van der Waals surface area (Å²) < 4.78 is 12.7. The molecule has 0 spiro atoms. The summed E-state index contributed by atoms with van der Waals surface area (Å²) in [5, 5.41) is 44.7. The van der Waals surface area contributed by atoms with Gasteiger partial charge in [0, 0.05) is 6.92 Å². The zero-order valence-corrected chi connectivity index (χ0v) is 30.0. The van der Waals surface area contributed by atoms with Gasteiger partial charge in [0.2, 0.25) is 5.91 Å². The fourth-order valence-electron chi connectivity index (χ4n) is 12.6. The minimum atomic E-state index is -1.35. The molecule has 9 heteroatoms. The van der Waals surface area contributed by atoms with Crippen LogP contribution in [0.3, 0.4) is 0 Å². The molecule has 9 unspecified atom stereocenters. The zero-order chi connectivity index (χ0) is 34.5. The first kappa shape index (κ1) is 35.3. The topological polar surface area (TPSA) is 146 Å². The van der Waals surface area contributed by atoms with Crippen molar-refractivity contribution < 1.29 is 39.5 Å². The van der Waals surface area contributed by atoms with Crippen molar-refractivity contribution in [3.8, 4) is 0 Å². The summed E-state index contributed by atoms with van der Waals surface area (Å²) in [6.07, 6.45) is 6.79. The Morgan fingerprint density at radius 3 is 2.26 bits per heavy atom. The zero-order valence-electron chi connectivity index (χ0n) is 30.0. The highest BCUT2D eigenvalue weighted by Gasteiger charge is 2.69. The van der Waals surface area contributed by atoms with Gasteiger partial charge in [-0.05, 0) is 109 Å². The number of carboxylic acid groups (broad SMARTS) is 1. The summed E-state index contributed by atoms with van der Waals surface area (Å²) in [4.78, 5) is 25.0. The number of hydrogen-bond acceptors (Lipinski definition) is 7. The van der Waals surface area contributed by atoms with Crippen molar-refractivity contribution in [3.63, 3.8) is 0 Å². The highest BCUT2D eigenvalue weighted by atomic mass is 16.7. The van der Waals surface area contributed by atoms with Crippen LogP contribution >= 0.6 is 0 Å². The van der Waals surface area contributed by atoms with Crippen LogP contribution in [0.5, 0.6) is 0 Å². The maximum absolute atomic E-state index is 13.0. The van der Waals surface area contributed by atoms with Crippen LogP contribution in [0, 0.1) is 50.2 Å². The molecular weight excluding hydrogens is 598 g/mol. The molecule has 1 amide bonds. The Bertz CT molecular complexity index is 1300. The van der Waals surface area contributed by atoms with Gasteiger partial charge in [0.1, 0.15) is 24.4 Å². The van der Waals surface area contributed by atoms with Gasteiger partial charge in [0.25, 0.3) is 0 Å². The molecular formula is C38H61NO8. The smallest absolute Gasteiger partial charge is 0.310 e. The van der Waals surface area contributed by atoms with E-state index < -0.39 is 48.6 Å². The van der Waals surface area contributed by atoms with Gasteiger partial charge >= 0.3 is 5.97 Å². The first-order valence-electron chi connectivity index (χ1n) is 18.3. The van der Waals surface area contributed by atoms with Gasteiger partial charge in [0.05, 0.1) is 18.1 Å². The largest absolute Gasteiger partial charge is 0.481 e. The van der Waals surface area contributed by atoms with E-state index in [1.54, 1.807) is 0 Å². The van der Waals surface area contributed by atoms with Crippen molar-refractivity contribution in [3.05, 3.63) is 11.6 Å². The monoisotopic (exact) mass is 659 g/mol. The molecule has 0 aromatic rings. The summed E-state index contributed by atoms with van der Waals surface area (Å²) in [5.41, 5.74) is 0.733. The van der Waals surface area contributed by atoms with E-state index in [1.807, 2.05) is 0 Å². The number of hydrogen-bond donors (Lipinski definition) is 5. The van der Waals surface area contributed by atoms with Crippen molar-refractivity contribution in [2.45, 2.75) is 156 Å². The summed E-state index contributed by atoms with van der Waals surface area (Å²) in [7, 11) is 0. The second-order valence-corrected chi connectivity index (χ2v) is 18.6. The van der Waals surface area contributed by atoms with Gasteiger partial charge in [-0.3, -0.25) is 9.59 Å². The average molecular weight is 660 g/mol. The Labute approximate surface area is 281 Å². The van der Waals surface area contributed by atoms with Crippen LogP contribution in [0.4, 0.5) is 0 Å². The molecule has 4 saturated carbocycles. The SMILES string of the molecule is CC(=O)NC1C(O[C@H]2CC[C@@]3(C)C(CC[C@]4(C)C3CC=C3C5CC(C)(C)CC[C@]5(C(=O)O)CCC34C)C2(C)C)OC(CO)C(O)C1O. The molecule has 0 bridgehead atoms. The fourth-order valence-corrected chi connectivity index (χ4v) is 12.6. The minimum absolute atomic E-state index is 0.0440. The number of ether oxygens (including phenoxy) is 2. The van der Waals surface area contributed by atoms with E-state index in [1.165, 1.54) is 12.5 Å². The van der Waals surface area contributed by atoms with Gasteiger partial charge in [-0.2, -0.15) is 0 Å². The van der Waals surface area contributed by atoms with E-state index in [-0.39, 0.29) is 45.0 Å². The number of rotatable bonds is 5.